The van der Waals surface area contributed by atoms with Crippen LogP contribution in [0.15, 0.2) is 6.20 Å². The molecule has 6 heteroatoms. The van der Waals surface area contributed by atoms with Gasteiger partial charge in [0.1, 0.15) is 0 Å². The van der Waals surface area contributed by atoms with E-state index in [0.717, 1.165) is 32.6 Å². The average Bonchev–Trinajstić information content (AvgIpc) is 2.70. The van der Waals surface area contributed by atoms with Crippen molar-refractivity contribution >= 4 is 11.7 Å². The van der Waals surface area contributed by atoms with Gasteiger partial charge in [-0.25, -0.2) is 4.79 Å². The molecule has 1 aliphatic heterocycles. The number of carbonyl (C=O) groups excluding carboxylic acids is 1. The summed E-state index contributed by atoms with van der Waals surface area (Å²) < 4.78 is 11.6. The Bertz CT molecular complexity index is 397. The Morgan fingerprint density at radius 2 is 2.35 bits per heavy atom. The SMILES string of the molecule is COC(=O)c1nn(CC2CCOCC2)cc1N. The van der Waals surface area contributed by atoms with Crippen LogP contribution in [0.2, 0.25) is 0 Å². The number of esters is 1. The summed E-state index contributed by atoms with van der Waals surface area (Å²) in [5.74, 6) is 0.0433. The first kappa shape index (κ1) is 11.9. The Hall–Kier alpha value is -1.56. The van der Waals surface area contributed by atoms with Crippen molar-refractivity contribution in [3.05, 3.63) is 11.9 Å². The molecule has 1 aliphatic rings. The maximum absolute atomic E-state index is 11.3. The topological polar surface area (TPSA) is 79.4 Å². The maximum Gasteiger partial charge on any atom is 0.360 e. The summed E-state index contributed by atoms with van der Waals surface area (Å²) in [6.07, 6.45) is 3.72. The molecule has 1 saturated heterocycles. The fourth-order valence-electron chi connectivity index (χ4n) is 1.98. The highest BCUT2D eigenvalue weighted by atomic mass is 16.5. The van der Waals surface area contributed by atoms with Gasteiger partial charge in [-0.2, -0.15) is 5.10 Å². The van der Waals surface area contributed by atoms with E-state index in [-0.39, 0.29) is 5.69 Å². The fourth-order valence-corrected chi connectivity index (χ4v) is 1.98. The van der Waals surface area contributed by atoms with Gasteiger partial charge < -0.3 is 15.2 Å². The van der Waals surface area contributed by atoms with Crippen LogP contribution in [0, 0.1) is 5.92 Å². The molecule has 17 heavy (non-hydrogen) atoms. The number of aromatic nitrogens is 2. The Morgan fingerprint density at radius 3 is 3.00 bits per heavy atom. The molecule has 1 fully saturated rings. The van der Waals surface area contributed by atoms with Crippen LogP contribution < -0.4 is 5.73 Å². The number of nitrogens with zero attached hydrogens (tertiary/aromatic N) is 2. The first-order valence-corrected chi connectivity index (χ1v) is 5.69. The van der Waals surface area contributed by atoms with E-state index in [1.54, 1.807) is 10.9 Å². The summed E-state index contributed by atoms with van der Waals surface area (Å²) in [6, 6.07) is 0. The third kappa shape index (κ3) is 2.76. The van der Waals surface area contributed by atoms with Crippen LogP contribution in [0.5, 0.6) is 0 Å². The average molecular weight is 239 g/mol. The van der Waals surface area contributed by atoms with Gasteiger partial charge in [0.25, 0.3) is 0 Å². The highest BCUT2D eigenvalue weighted by molar-refractivity contribution is 5.92. The van der Waals surface area contributed by atoms with Crippen molar-refractivity contribution in [1.82, 2.24) is 9.78 Å². The van der Waals surface area contributed by atoms with Gasteiger partial charge >= 0.3 is 5.97 Å². The molecule has 1 aromatic heterocycles. The predicted molar refractivity (Wildman–Crippen MR) is 61.5 cm³/mol. The lowest BCUT2D eigenvalue weighted by Crippen LogP contribution is -2.20. The van der Waals surface area contributed by atoms with E-state index in [1.165, 1.54) is 7.11 Å². The molecule has 2 rings (SSSR count). The molecule has 6 nitrogen and oxygen atoms in total. The summed E-state index contributed by atoms with van der Waals surface area (Å²) in [6.45, 7) is 2.36. The van der Waals surface area contributed by atoms with E-state index < -0.39 is 5.97 Å². The lowest BCUT2D eigenvalue weighted by atomic mass is 10.0. The highest BCUT2D eigenvalue weighted by Gasteiger charge is 2.18. The van der Waals surface area contributed by atoms with Gasteiger partial charge in [-0.3, -0.25) is 4.68 Å². The summed E-state index contributed by atoms with van der Waals surface area (Å²) in [5, 5.41) is 4.15. The van der Waals surface area contributed by atoms with E-state index >= 15 is 0 Å². The predicted octanol–water partition coefficient (Wildman–Crippen LogP) is 0.678. The Labute approximate surface area is 99.7 Å². The molecule has 1 aromatic rings. The second-order valence-corrected chi connectivity index (χ2v) is 4.20. The van der Waals surface area contributed by atoms with Crippen LogP contribution in [0.4, 0.5) is 5.69 Å². The lowest BCUT2D eigenvalue weighted by molar-refractivity contribution is 0.0575. The van der Waals surface area contributed by atoms with Crippen LogP contribution in [-0.2, 0) is 16.0 Å². The van der Waals surface area contributed by atoms with Gasteiger partial charge in [-0.1, -0.05) is 0 Å². The monoisotopic (exact) mass is 239 g/mol. The standard InChI is InChI=1S/C11H17N3O3/c1-16-11(15)10-9(12)7-14(13-10)6-8-2-4-17-5-3-8/h7-8H,2-6,12H2,1H3. The quantitative estimate of drug-likeness (QED) is 0.784. The third-order valence-electron chi connectivity index (χ3n) is 2.95. The molecular formula is C11H17N3O3. The largest absolute Gasteiger partial charge is 0.464 e. The van der Waals surface area contributed by atoms with Crippen molar-refractivity contribution < 1.29 is 14.3 Å². The normalized spacial score (nSPS) is 17.0. The van der Waals surface area contributed by atoms with Gasteiger partial charge in [-0.15, -0.1) is 0 Å². The first-order valence-electron chi connectivity index (χ1n) is 5.69. The molecule has 0 radical (unpaired) electrons. The minimum absolute atomic E-state index is 0.194. The zero-order valence-electron chi connectivity index (χ0n) is 9.89. The molecule has 94 valence electrons. The zero-order chi connectivity index (χ0) is 12.3. The van der Waals surface area contributed by atoms with Crippen molar-refractivity contribution in [2.24, 2.45) is 5.92 Å². The van der Waals surface area contributed by atoms with Crippen molar-refractivity contribution in [2.75, 3.05) is 26.1 Å². The van der Waals surface area contributed by atoms with Crippen LogP contribution >= 0.6 is 0 Å². The second kappa shape index (κ2) is 5.18. The maximum atomic E-state index is 11.3. The third-order valence-corrected chi connectivity index (χ3v) is 2.95. The summed E-state index contributed by atoms with van der Waals surface area (Å²) >= 11 is 0. The zero-order valence-corrected chi connectivity index (χ0v) is 9.89. The number of nitrogen functional groups attached to an aromatic ring is 1. The molecule has 2 N–H and O–H groups in total. The molecule has 2 heterocycles. The lowest BCUT2D eigenvalue weighted by Gasteiger charge is -2.21. The van der Waals surface area contributed by atoms with Gasteiger partial charge in [0.05, 0.1) is 12.8 Å². The molecule has 0 spiro atoms. The molecular weight excluding hydrogens is 222 g/mol. The Morgan fingerprint density at radius 1 is 1.65 bits per heavy atom. The van der Waals surface area contributed by atoms with E-state index in [4.69, 9.17) is 10.5 Å². The van der Waals surface area contributed by atoms with E-state index in [0.29, 0.717) is 11.6 Å². The van der Waals surface area contributed by atoms with E-state index in [2.05, 4.69) is 9.84 Å². The van der Waals surface area contributed by atoms with Crippen molar-refractivity contribution in [3.8, 4) is 0 Å². The highest BCUT2D eigenvalue weighted by Crippen LogP contribution is 2.18. The molecule has 0 saturated carbocycles. The molecule has 0 amide bonds. The van der Waals surface area contributed by atoms with Crippen molar-refractivity contribution in [1.29, 1.82) is 0 Å². The van der Waals surface area contributed by atoms with Crippen LogP contribution in [0.1, 0.15) is 23.3 Å². The summed E-state index contributed by atoms with van der Waals surface area (Å²) in [7, 11) is 1.32. The van der Waals surface area contributed by atoms with Gasteiger partial charge in [0.15, 0.2) is 5.69 Å². The van der Waals surface area contributed by atoms with Crippen molar-refractivity contribution in [3.63, 3.8) is 0 Å². The number of nitrogens with two attached hydrogens (primary N) is 1. The molecule has 0 aromatic carbocycles. The van der Waals surface area contributed by atoms with E-state index in [9.17, 15) is 4.79 Å². The van der Waals surface area contributed by atoms with Gasteiger partial charge in [0, 0.05) is 26.0 Å². The summed E-state index contributed by atoms with van der Waals surface area (Å²) in [4.78, 5) is 11.3. The first-order chi connectivity index (χ1) is 8.20. The second-order valence-electron chi connectivity index (χ2n) is 4.20. The Balaban J connectivity index is 2.03. The minimum atomic E-state index is -0.492. The number of carbonyl (C=O) groups is 1. The van der Waals surface area contributed by atoms with Crippen LogP contribution in [0.3, 0.4) is 0 Å². The van der Waals surface area contributed by atoms with Gasteiger partial charge in [-0.05, 0) is 18.8 Å². The van der Waals surface area contributed by atoms with Crippen LogP contribution in [0.25, 0.3) is 0 Å². The molecule has 0 atom stereocenters. The number of methoxy groups -OCH3 is 1. The number of ether oxygens (including phenoxy) is 2. The molecule has 0 aliphatic carbocycles. The number of rotatable bonds is 3. The number of anilines is 1. The minimum Gasteiger partial charge on any atom is -0.464 e. The molecule has 0 unspecified atom stereocenters. The molecule has 0 bridgehead atoms. The smallest absolute Gasteiger partial charge is 0.360 e. The Kier molecular flexibility index (Phi) is 3.63. The summed E-state index contributed by atoms with van der Waals surface area (Å²) in [5.41, 5.74) is 6.27. The number of hydrogen-bond acceptors (Lipinski definition) is 5. The number of hydrogen-bond donors (Lipinski definition) is 1. The van der Waals surface area contributed by atoms with Crippen molar-refractivity contribution in [2.45, 2.75) is 19.4 Å². The van der Waals surface area contributed by atoms with E-state index in [1.807, 2.05) is 0 Å². The van der Waals surface area contributed by atoms with Crippen LogP contribution in [-0.4, -0.2) is 36.1 Å². The fraction of sp³-hybridized carbons (Fsp3) is 0.636. The van der Waals surface area contributed by atoms with Gasteiger partial charge in [0.2, 0.25) is 0 Å².